The Morgan fingerprint density at radius 1 is 1.83 bits per heavy atom. The van der Waals surface area contributed by atoms with Crippen LogP contribution < -0.4 is 5.73 Å². The third-order valence-electron chi connectivity index (χ3n) is 1.81. The molecule has 0 radical (unpaired) electrons. The van der Waals surface area contributed by atoms with Crippen LogP contribution in [0.4, 0.5) is 4.39 Å². The van der Waals surface area contributed by atoms with E-state index in [1.54, 1.807) is 0 Å². The molecule has 1 saturated heterocycles. The van der Waals surface area contributed by atoms with Crippen LogP contribution >= 0.6 is 0 Å². The van der Waals surface area contributed by atoms with Gasteiger partial charge in [-0.05, 0) is 0 Å². The molecule has 1 amide bonds. The summed E-state index contributed by atoms with van der Waals surface area (Å²) in [5.41, 5.74) is 5.44. The summed E-state index contributed by atoms with van der Waals surface area (Å²) in [6.45, 7) is 0.540. The molecule has 70 valence electrons. The number of halogens is 1. The van der Waals surface area contributed by atoms with E-state index in [-0.39, 0.29) is 25.6 Å². The van der Waals surface area contributed by atoms with Crippen molar-refractivity contribution in [3.05, 3.63) is 0 Å². The average Bonchev–Trinajstić information content (AvgIpc) is 1.98. The van der Waals surface area contributed by atoms with Gasteiger partial charge in [0.1, 0.15) is 12.2 Å². The number of likely N-dealkylation sites (tertiary alicyclic amines) is 1. The van der Waals surface area contributed by atoms with E-state index in [0.29, 0.717) is 0 Å². The van der Waals surface area contributed by atoms with Crippen molar-refractivity contribution in [1.82, 2.24) is 4.90 Å². The molecule has 2 N–H and O–H groups in total. The van der Waals surface area contributed by atoms with Crippen LogP contribution in [0.25, 0.3) is 0 Å². The van der Waals surface area contributed by atoms with Crippen LogP contribution in [-0.4, -0.2) is 49.8 Å². The summed E-state index contributed by atoms with van der Waals surface area (Å²) in [6.07, 6.45) is -0.872. The van der Waals surface area contributed by atoms with Crippen molar-refractivity contribution < 1.29 is 13.9 Å². The monoisotopic (exact) mass is 176 g/mol. The largest absolute Gasteiger partial charge is 0.383 e. The zero-order valence-electron chi connectivity index (χ0n) is 7.00. The smallest absolute Gasteiger partial charge is 0.242 e. The van der Waals surface area contributed by atoms with Gasteiger partial charge in [-0.25, -0.2) is 4.39 Å². The first kappa shape index (κ1) is 9.41. The van der Waals surface area contributed by atoms with Crippen molar-refractivity contribution in [2.45, 2.75) is 12.2 Å². The lowest BCUT2D eigenvalue weighted by Gasteiger charge is -2.35. The first-order valence-corrected chi connectivity index (χ1v) is 3.82. The Labute approximate surface area is 70.5 Å². The third kappa shape index (κ3) is 1.92. The molecule has 0 aromatic carbocycles. The minimum absolute atomic E-state index is 0.177. The molecule has 4 nitrogen and oxygen atoms in total. The van der Waals surface area contributed by atoms with Crippen LogP contribution in [0, 0.1) is 0 Å². The summed E-state index contributed by atoms with van der Waals surface area (Å²) in [4.78, 5) is 12.6. The van der Waals surface area contributed by atoms with Gasteiger partial charge in [-0.1, -0.05) is 0 Å². The molecule has 5 heteroatoms. The summed E-state index contributed by atoms with van der Waals surface area (Å²) in [5, 5.41) is 0. The molecule has 1 heterocycles. The molecule has 1 unspecified atom stereocenters. The van der Waals surface area contributed by atoms with Gasteiger partial charge in [0.25, 0.3) is 0 Å². The summed E-state index contributed by atoms with van der Waals surface area (Å²) < 4.78 is 17.0. The fourth-order valence-electron chi connectivity index (χ4n) is 1.09. The number of hydrogen-bond donors (Lipinski definition) is 1. The van der Waals surface area contributed by atoms with Gasteiger partial charge in [0.15, 0.2) is 0 Å². The van der Waals surface area contributed by atoms with Gasteiger partial charge in [-0.2, -0.15) is 0 Å². The van der Waals surface area contributed by atoms with Gasteiger partial charge in [0.2, 0.25) is 5.91 Å². The Morgan fingerprint density at radius 2 is 2.42 bits per heavy atom. The maximum Gasteiger partial charge on any atom is 0.242 e. The lowest BCUT2D eigenvalue weighted by molar-refractivity contribution is -0.140. The van der Waals surface area contributed by atoms with Crippen LogP contribution in [-0.2, 0) is 9.53 Å². The minimum Gasteiger partial charge on any atom is -0.383 e. The number of carbonyl (C=O) groups excluding carboxylic acids is 1. The molecular weight excluding hydrogens is 163 g/mol. The van der Waals surface area contributed by atoms with E-state index in [2.05, 4.69) is 0 Å². The first-order valence-electron chi connectivity index (χ1n) is 3.82. The molecule has 12 heavy (non-hydrogen) atoms. The quantitative estimate of drug-likeness (QED) is 0.608. The molecule has 1 aliphatic heterocycles. The molecule has 0 aromatic heterocycles. The first-order chi connectivity index (χ1) is 5.65. The lowest BCUT2D eigenvalue weighted by Crippen LogP contribution is -2.57. The zero-order valence-corrected chi connectivity index (χ0v) is 7.00. The predicted octanol–water partition coefficient (Wildman–Crippen LogP) is -0.860. The Kier molecular flexibility index (Phi) is 2.99. The van der Waals surface area contributed by atoms with Crippen LogP contribution in [0.3, 0.4) is 0 Å². The number of nitrogens with zero attached hydrogens (tertiary/aromatic N) is 1. The van der Waals surface area contributed by atoms with Crippen molar-refractivity contribution in [1.29, 1.82) is 0 Å². The van der Waals surface area contributed by atoms with Crippen molar-refractivity contribution in [2.24, 2.45) is 5.73 Å². The third-order valence-corrected chi connectivity index (χ3v) is 1.81. The van der Waals surface area contributed by atoms with E-state index in [9.17, 15) is 9.18 Å². The minimum atomic E-state index is -0.872. The van der Waals surface area contributed by atoms with E-state index >= 15 is 0 Å². The van der Waals surface area contributed by atoms with Gasteiger partial charge < -0.3 is 15.4 Å². The van der Waals surface area contributed by atoms with E-state index in [1.165, 1.54) is 12.0 Å². The second-order valence-corrected chi connectivity index (χ2v) is 2.90. The molecular formula is C7H13FN2O2. The number of carbonyl (C=O) groups is 1. The maximum absolute atomic E-state index is 12.3. The average molecular weight is 176 g/mol. The molecule has 1 fully saturated rings. The van der Waals surface area contributed by atoms with Gasteiger partial charge in [0.05, 0.1) is 19.7 Å². The standard InChI is InChI=1S/C7H13FN2O2/c1-12-4-6(9)7(11)10-2-5(8)3-10/h5-6H,2-4,9H2,1H3. The second-order valence-electron chi connectivity index (χ2n) is 2.90. The summed E-state index contributed by atoms with van der Waals surface area (Å²) in [7, 11) is 1.47. The maximum atomic E-state index is 12.3. The number of methoxy groups -OCH3 is 1. The molecule has 0 bridgehead atoms. The van der Waals surface area contributed by atoms with Gasteiger partial charge in [0, 0.05) is 7.11 Å². The van der Waals surface area contributed by atoms with Crippen molar-refractivity contribution in [2.75, 3.05) is 26.8 Å². The van der Waals surface area contributed by atoms with Crippen LogP contribution in [0.2, 0.25) is 0 Å². The Hall–Kier alpha value is -0.680. The highest BCUT2D eigenvalue weighted by atomic mass is 19.1. The SMILES string of the molecule is COCC(N)C(=O)N1CC(F)C1. The number of rotatable bonds is 3. The highest BCUT2D eigenvalue weighted by Gasteiger charge is 2.32. The molecule has 1 atom stereocenters. The number of ether oxygens (including phenoxy) is 1. The van der Waals surface area contributed by atoms with E-state index in [1.807, 2.05) is 0 Å². The summed E-state index contributed by atoms with van der Waals surface area (Å²) in [5.74, 6) is -0.231. The zero-order chi connectivity index (χ0) is 9.14. The number of alkyl halides is 1. The molecule has 0 aromatic rings. The normalized spacial score (nSPS) is 20.4. The highest BCUT2D eigenvalue weighted by Crippen LogP contribution is 2.11. The van der Waals surface area contributed by atoms with Gasteiger partial charge >= 0.3 is 0 Å². The summed E-state index contributed by atoms with van der Waals surface area (Å²) >= 11 is 0. The highest BCUT2D eigenvalue weighted by molar-refractivity contribution is 5.82. The van der Waals surface area contributed by atoms with E-state index in [0.717, 1.165) is 0 Å². The van der Waals surface area contributed by atoms with Crippen LogP contribution in [0.1, 0.15) is 0 Å². The second kappa shape index (κ2) is 3.82. The number of hydrogen-bond acceptors (Lipinski definition) is 3. The molecule has 0 aliphatic carbocycles. The Morgan fingerprint density at radius 3 is 2.83 bits per heavy atom. The van der Waals surface area contributed by atoms with Crippen molar-refractivity contribution in [3.63, 3.8) is 0 Å². The predicted molar refractivity (Wildman–Crippen MR) is 41.3 cm³/mol. The number of amides is 1. The lowest BCUT2D eigenvalue weighted by atomic mass is 10.1. The Balaban J connectivity index is 2.28. The van der Waals surface area contributed by atoms with E-state index in [4.69, 9.17) is 10.5 Å². The van der Waals surface area contributed by atoms with E-state index < -0.39 is 12.2 Å². The fraction of sp³-hybridized carbons (Fsp3) is 0.857. The van der Waals surface area contributed by atoms with Crippen molar-refractivity contribution >= 4 is 5.91 Å². The molecule has 0 spiro atoms. The van der Waals surface area contributed by atoms with Gasteiger partial charge in [-0.3, -0.25) is 4.79 Å². The number of nitrogens with two attached hydrogens (primary N) is 1. The fourth-order valence-corrected chi connectivity index (χ4v) is 1.09. The van der Waals surface area contributed by atoms with Crippen LogP contribution in [0.5, 0.6) is 0 Å². The molecule has 1 rings (SSSR count). The summed E-state index contributed by atoms with van der Waals surface area (Å²) in [6, 6.07) is -0.650. The topological polar surface area (TPSA) is 55.6 Å². The van der Waals surface area contributed by atoms with Gasteiger partial charge in [-0.15, -0.1) is 0 Å². The van der Waals surface area contributed by atoms with Crippen LogP contribution in [0.15, 0.2) is 0 Å². The molecule has 1 aliphatic rings. The molecule has 0 saturated carbocycles. The Bertz CT molecular complexity index is 164. The van der Waals surface area contributed by atoms with Crippen molar-refractivity contribution in [3.8, 4) is 0 Å².